The number of pyridine rings is 1. The maximum Gasteiger partial charge on any atom is 0.0716 e. The van der Waals surface area contributed by atoms with Gasteiger partial charge in [0.25, 0.3) is 0 Å². The first-order chi connectivity index (χ1) is 8.56. The Morgan fingerprint density at radius 2 is 1.89 bits per heavy atom. The van der Waals surface area contributed by atoms with Gasteiger partial charge in [-0.05, 0) is 53.9 Å². The highest BCUT2D eigenvalue weighted by molar-refractivity contribution is 9.10. The van der Waals surface area contributed by atoms with E-state index in [9.17, 15) is 0 Å². The molecule has 0 saturated carbocycles. The van der Waals surface area contributed by atoms with Gasteiger partial charge in [0.05, 0.1) is 11.7 Å². The average Bonchev–Trinajstić information content (AvgIpc) is 2.27. The summed E-state index contributed by atoms with van der Waals surface area (Å²) in [7, 11) is 0. The third-order valence-corrected chi connectivity index (χ3v) is 3.55. The van der Waals surface area contributed by atoms with E-state index in [-0.39, 0.29) is 6.04 Å². The first-order valence-electron chi connectivity index (χ1n) is 5.99. The monoisotopic (exact) mass is 304 g/mol. The summed E-state index contributed by atoms with van der Waals surface area (Å²) in [5.74, 6) is 0. The molecule has 2 N–H and O–H groups in total. The van der Waals surface area contributed by atoms with Crippen molar-refractivity contribution in [1.82, 2.24) is 4.98 Å². The van der Waals surface area contributed by atoms with Gasteiger partial charge in [0.15, 0.2) is 0 Å². The van der Waals surface area contributed by atoms with Crippen LogP contribution in [0.4, 0.5) is 0 Å². The van der Waals surface area contributed by atoms with E-state index in [2.05, 4.69) is 53.0 Å². The molecule has 0 aliphatic rings. The summed E-state index contributed by atoms with van der Waals surface area (Å²) in [5.41, 5.74) is 11.0. The van der Waals surface area contributed by atoms with Crippen LogP contribution in [0.1, 0.15) is 28.4 Å². The molecule has 1 unspecified atom stereocenters. The number of halogens is 1. The zero-order chi connectivity index (χ0) is 13.1. The highest BCUT2D eigenvalue weighted by Gasteiger charge is 2.12. The maximum atomic E-state index is 6.24. The van der Waals surface area contributed by atoms with Gasteiger partial charge >= 0.3 is 0 Å². The third kappa shape index (κ3) is 3.18. The molecular weight excluding hydrogens is 288 g/mol. The van der Waals surface area contributed by atoms with Crippen LogP contribution < -0.4 is 5.73 Å². The molecular formula is C15H17BrN2. The number of aromatic nitrogens is 1. The molecule has 3 heteroatoms. The van der Waals surface area contributed by atoms with E-state index in [0.717, 1.165) is 16.6 Å². The van der Waals surface area contributed by atoms with Crippen LogP contribution in [0.5, 0.6) is 0 Å². The molecule has 0 aliphatic carbocycles. The molecule has 2 nitrogen and oxygen atoms in total. The van der Waals surface area contributed by atoms with Crippen molar-refractivity contribution in [2.24, 2.45) is 5.73 Å². The number of nitrogens with two attached hydrogens (primary N) is 1. The molecule has 18 heavy (non-hydrogen) atoms. The van der Waals surface area contributed by atoms with E-state index in [4.69, 9.17) is 5.73 Å². The largest absolute Gasteiger partial charge is 0.322 e. The van der Waals surface area contributed by atoms with Crippen molar-refractivity contribution in [3.63, 3.8) is 0 Å². The lowest BCUT2D eigenvalue weighted by molar-refractivity contribution is 0.691. The Labute approximate surface area is 116 Å². The lowest BCUT2D eigenvalue weighted by Crippen LogP contribution is -2.15. The molecule has 1 aromatic carbocycles. The van der Waals surface area contributed by atoms with Gasteiger partial charge in [0.2, 0.25) is 0 Å². The van der Waals surface area contributed by atoms with Crippen molar-refractivity contribution in [3.05, 3.63) is 63.4 Å². The molecule has 2 aromatic rings. The average molecular weight is 305 g/mol. The highest BCUT2D eigenvalue weighted by Crippen LogP contribution is 2.22. The number of hydrogen-bond acceptors (Lipinski definition) is 2. The Balaban J connectivity index is 2.21. The second kappa shape index (κ2) is 5.63. The number of nitrogens with zero attached hydrogens (tertiary/aromatic N) is 1. The van der Waals surface area contributed by atoms with Crippen molar-refractivity contribution < 1.29 is 0 Å². The maximum absolute atomic E-state index is 6.24. The fourth-order valence-corrected chi connectivity index (χ4v) is 2.76. The summed E-state index contributed by atoms with van der Waals surface area (Å²) in [6.45, 7) is 4.22. The molecule has 0 amide bonds. The second-order valence-corrected chi connectivity index (χ2v) is 5.53. The smallest absolute Gasteiger partial charge is 0.0716 e. The summed E-state index contributed by atoms with van der Waals surface area (Å²) < 4.78 is 0.974. The zero-order valence-corrected chi connectivity index (χ0v) is 12.2. The zero-order valence-electron chi connectivity index (χ0n) is 10.7. The van der Waals surface area contributed by atoms with Crippen LogP contribution in [-0.2, 0) is 6.42 Å². The minimum Gasteiger partial charge on any atom is -0.322 e. The molecule has 0 spiro atoms. The third-order valence-electron chi connectivity index (χ3n) is 2.88. The van der Waals surface area contributed by atoms with Crippen molar-refractivity contribution in [3.8, 4) is 0 Å². The van der Waals surface area contributed by atoms with Gasteiger partial charge in [-0.15, -0.1) is 0 Å². The van der Waals surface area contributed by atoms with Crippen molar-refractivity contribution in [2.75, 3.05) is 0 Å². The molecule has 0 radical (unpaired) electrons. The van der Waals surface area contributed by atoms with Crippen molar-refractivity contribution >= 4 is 15.9 Å². The predicted octanol–water partition coefficient (Wildman–Crippen LogP) is 3.70. The van der Waals surface area contributed by atoms with Crippen LogP contribution in [0.25, 0.3) is 0 Å². The van der Waals surface area contributed by atoms with E-state index < -0.39 is 0 Å². The molecule has 1 atom stereocenters. The van der Waals surface area contributed by atoms with Crippen LogP contribution >= 0.6 is 15.9 Å². The lowest BCUT2D eigenvalue weighted by atomic mass is 10.00. The number of aryl methyl sites for hydroxylation is 2. The molecule has 1 aromatic heterocycles. The Bertz CT molecular complexity index is 532. The number of benzene rings is 1. The first-order valence-corrected chi connectivity index (χ1v) is 6.78. The Kier molecular flexibility index (Phi) is 4.15. The lowest BCUT2D eigenvalue weighted by Gasteiger charge is -2.13. The Morgan fingerprint density at radius 3 is 2.50 bits per heavy atom. The van der Waals surface area contributed by atoms with Crippen LogP contribution in [0.3, 0.4) is 0 Å². The summed E-state index contributed by atoms with van der Waals surface area (Å²) in [4.78, 5) is 4.35. The minimum atomic E-state index is -0.0817. The second-order valence-electron chi connectivity index (χ2n) is 4.68. The fourth-order valence-electron chi connectivity index (χ4n) is 2.21. The van der Waals surface area contributed by atoms with Gasteiger partial charge in [-0.25, -0.2) is 0 Å². The van der Waals surface area contributed by atoms with Gasteiger partial charge in [0, 0.05) is 10.7 Å². The quantitative estimate of drug-likeness (QED) is 0.939. The molecule has 94 valence electrons. The summed E-state index contributed by atoms with van der Waals surface area (Å²) >= 11 is 3.50. The Hall–Kier alpha value is -1.19. The molecule has 0 saturated heterocycles. The number of rotatable bonds is 3. The van der Waals surface area contributed by atoms with Gasteiger partial charge < -0.3 is 5.73 Å². The van der Waals surface area contributed by atoms with E-state index >= 15 is 0 Å². The number of hydrogen-bond donors (Lipinski definition) is 1. The van der Waals surface area contributed by atoms with Crippen molar-refractivity contribution in [2.45, 2.75) is 26.3 Å². The van der Waals surface area contributed by atoms with Crippen LogP contribution in [0.15, 0.2) is 41.0 Å². The molecule has 0 aliphatic heterocycles. The standard InChI is InChI=1S/C15H17BrN2/c1-10-6-11(2)8-12(7-10)9-14(17)15-13(16)4-3-5-18-15/h3-8,14H,9,17H2,1-2H3. The van der Waals surface area contributed by atoms with Gasteiger partial charge in [0.1, 0.15) is 0 Å². The summed E-state index contributed by atoms with van der Waals surface area (Å²) in [5, 5.41) is 0. The fraction of sp³-hybridized carbons (Fsp3) is 0.267. The minimum absolute atomic E-state index is 0.0817. The van der Waals surface area contributed by atoms with Gasteiger partial charge in [-0.3, -0.25) is 4.98 Å². The van der Waals surface area contributed by atoms with Crippen LogP contribution in [-0.4, -0.2) is 4.98 Å². The molecule has 2 rings (SSSR count). The SMILES string of the molecule is Cc1cc(C)cc(CC(N)c2ncccc2Br)c1. The van der Waals surface area contributed by atoms with Crippen LogP contribution in [0, 0.1) is 13.8 Å². The Morgan fingerprint density at radius 1 is 1.22 bits per heavy atom. The molecule has 0 bridgehead atoms. The van der Waals surface area contributed by atoms with Crippen LogP contribution in [0.2, 0.25) is 0 Å². The van der Waals surface area contributed by atoms with E-state index in [1.807, 2.05) is 12.1 Å². The first kappa shape index (κ1) is 13.2. The normalized spacial score (nSPS) is 12.4. The molecule has 1 heterocycles. The highest BCUT2D eigenvalue weighted by atomic mass is 79.9. The summed E-state index contributed by atoms with van der Waals surface area (Å²) in [6, 6.07) is 10.3. The molecule has 0 fully saturated rings. The van der Waals surface area contributed by atoms with E-state index in [1.54, 1.807) is 6.20 Å². The topological polar surface area (TPSA) is 38.9 Å². The van der Waals surface area contributed by atoms with Crippen molar-refractivity contribution in [1.29, 1.82) is 0 Å². The predicted molar refractivity (Wildman–Crippen MR) is 78.5 cm³/mol. The van der Waals surface area contributed by atoms with Gasteiger partial charge in [-0.1, -0.05) is 29.3 Å². The van der Waals surface area contributed by atoms with E-state index in [0.29, 0.717) is 0 Å². The van der Waals surface area contributed by atoms with Gasteiger partial charge in [-0.2, -0.15) is 0 Å². The summed E-state index contributed by atoms with van der Waals surface area (Å²) in [6.07, 6.45) is 2.58. The van der Waals surface area contributed by atoms with E-state index in [1.165, 1.54) is 16.7 Å².